The number of nitrogens with zero attached hydrogens (tertiary/aromatic N) is 4. The summed E-state index contributed by atoms with van der Waals surface area (Å²) in [5, 5.41) is 0.615. The maximum Gasteiger partial charge on any atom is 0.244 e. The van der Waals surface area contributed by atoms with E-state index in [2.05, 4.69) is 11.0 Å². The highest BCUT2D eigenvalue weighted by Crippen LogP contribution is 2.32. The first-order valence-electron chi connectivity index (χ1n) is 8.74. The zero-order valence-electron chi connectivity index (χ0n) is 16.8. The van der Waals surface area contributed by atoms with E-state index in [1.807, 2.05) is 34.0 Å². The number of likely N-dealkylation sites (N-methyl/N-ethyl adjacent to an activating group) is 1. The molecule has 0 aliphatic carbocycles. The second kappa shape index (κ2) is 8.64. The van der Waals surface area contributed by atoms with E-state index in [9.17, 15) is 13.2 Å². The van der Waals surface area contributed by atoms with Gasteiger partial charge in [0.25, 0.3) is 0 Å². The van der Waals surface area contributed by atoms with E-state index in [-0.39, 0.29) is 12.5 Å². The number of aromatic nitrogens is 1. The molecule has 1 aromatic carbocycles. The van der Waals surface area contributed by atoms with E-state index < -0.39 is 10.0 Å². The first-order valence-corrected chi connectivity index (χ1v) is 11.4. The van der Waals surface area contributed by atoms with Crippen LogP contribution in [0.4, 0.5) is 5.13 Å². The van der Waals surface area contributed by atoms with E-state index in [4.69, 9.17) is 4.98 Å². The third-order valence-corrected chi connectivity index (χ3v) is 6.82. The standard InChI is InChI=1S/C18H28N4O3S2/c1-13-8-9-15-17(14(13)2)19-18(26-15)22(11-7-10-20(3)4)16(23)12-21(5)27(6,24)25/h8-9H,7,10-12H2,1-6H3. The second-order valence-electron chi connectivity index (χ2n) is 7.07. The van der Waals surface area contributed by atoms with Crippen molar-refractivity contribution >= 4 is 42.6 Å². The topological polar surface area (TPSA) is 73.8 Å². The van der Waals surface area contributed by atoms with Gasteiger partial charge in [0.05, 0.1) is 23.0 Å². The van der Waals surface area contributed by atoms with Crippen LogP contribution in [0, 0.1) is 13.8 Å². The van der Waals surface area contributed by atoms with Gasteiger partial charge in [-0.1, -0.05) is 17.4 Å². The van der Waals surface area contributed by atoms with Crippen LogP contribution in [0.2, 0.25) is 0 Å². The van der Waals surface area contributed by atoms with E-state index in [0.717, 1.165) is 44.9 Å². The van der Waals surface area contributed by atoms with Crippen molar-refractivity contribution < 1.29 is 13.2 Å². The Morgan fingerprint density at radius 2 is 1.81 bits per heavy atom. The summed E-state index contributed by atoms with van der Waals surface area (Å²) in [4.78, 5) is 21.3. The maximum atomic E-state index is 12.9. The molecule has 9 heteroatoms. The largest absolute Gasteiger partial charge is 0.309 e. The zero-order valence-corrected chi connectivity index (χ0v) is 18.4. The number of rotatable bonds is 8. The van der Waals surface area contributed by atoms with Crippen molar-refractivity contribution in [2.75, 3.05) is 51.9 Å². The van der Waals surface area contributed by atoms with Crippen LogP contribution in [0.5, 0.6) is 0 Å². The summed E-state index contributed by atoms with van der Waals surface area (Å²) >= 11 is 1.46. The highest BCUT2D eigenvalue weighted by Gasteiger charge is 2.24. The Hall–Kier alpha value is -1.55. The predicted molar refractivity (Wildman–Crippen MR) is 112 cm³/mol. The Bertz CT molecular complexity index is 922. The molecule has 0 N–H and O–H groups in total. The van der Waals surface area contributed by atoms with Crippen molar-refractivity contribution in [3.05, 3.63) is 23.3 Å². The number of fused-ring (bicyclic) bond motifs is 1. The molecule has 150 valence electrons. The summed E-state index contributed by atoms with van der Waals surface area (Å²) in [5.74, 6) is -0.268. The second-order valence-corrected chi connectivity index (χ2v) is 10.2. The molecule has 0 saturated heterocycles. The fourth-order valence-electron chi connectivity index (χ4n) is 2.59. The lowest BCUT2D eigenvalue weighted by Crippen LogP contribution is -2.42. The quantitative estimate of drug-likeness (QED) is 0.664. The molecule has 1 aromatic heterocycles. The van der Waals surface area contributed by atoms with Crippen LogP contribution in [0.1, 0.15) is 17.5 Å². The fraction of sp³-hybridized carbons (Fsp3) is 0.556. The molecule has 0 saturated carbocycles. The third kappa shape index (κ3) is 5.47. The number of hydrogen-bond donors (Lipinski definition) is 0. The SMILES string of the molecule is Cc1ccc2sc(N(CCCN(C)C)C(=O)CN(C)S(C)(=O)=O)nc2c1C. The van der Waals surface area contributed by atoms with Gasteiger partial charge in [-0.25, -0.2) is 13.4 Å². The lowest BCUT2D eigenvalue weighted by Gasteiger charge is -2.23. The van der Waals surface area contributed by atoms with Crippen LogP contribution in [-0.2, 0) is 14.8 Å². The van der Waals surface area contributed by atoms with Crippen LogP contribution in [-0.4, -0.2) is 75.5 Å². The number of aryl methyl sites for hydroxylation is 2. The van der Waals surface area contributed by atoms with Crippen molar-refractivity contribution in [1.29, 1.82) is 0 Å². The summed E-state index contributed by atoms with van der Waals surface area (Å²) < 4.78 is 25.5. The molecule has 0 unspecified atom stereocenters. The summed E-state index contributed by atoms with van der Waals surface area (Å²) in [5.41, 5.74) is 3.16. The molecule has 0 radical (unpaired) electrons. The molecule has 0 spiro atoms. The number of carbonyl (C=O) groups is 1. The van der Waals surface area contributed by atoms with E-state index >= 15 is 0 Å². The molecule has 27 heavy (non-hydrogen) atoms. The minimum atomic E-state index is -3.42. The number of carbonyl (C=O) groups excluding carboxylic acids is 1. The number of benzene rings is 1. The minimum Gasteiger partial charge on any atom is -0.309 e. The van der Waals surface area contributed by atoms with Gasteiger partial charge in [0.2, 0.25) is 15.9 Å². The van der Waals surface area contributed by atoms with Crippen molar-refractivity contribution in [1.82, 2.24) is 14.2 Å². The molecule has 2 aromatic rings. The molecular formula is C18H28N4O3S2. The van der Waals surface area contributed by atoms with E-state index in [0.29, 0.717) is 11.7 Å². The summed E-state index contributed by atoms with van der Waals surface area (Å²) in [6.07, 6.45) is 1.87. The van der Waals surface area contributed by atoms with Gasteiger partial charge in [-0.3, -0.25) is 9.69 Å². The molecule has 2 rings (SSSR count). The molecule has 0 bridgehead atoms. The monoisotopic (exact) mass is 412 g/mol. The normalized spacial score (nSPS) is 12.3. The maximum absolute atomic E-state index is 12.9. The average Bonchev–Trinajstić information content (AvgIpc) is 2.98. The van der Waals surface area contributed by atoms with Gasteiger partial charge < -0.3 is 4.90 Å². The lowest BCUT2D eigenvalue weighted by molar-refractivity contribution is -0.118. The van der Waals surface area contributed by atoms with Crippen LogP contribution in [0.25, 0.3) is 10.2 Å². The third-order valence-electron chi connectivity index (χ3n) is 4.52. The Morgan fingerprint density at radius 3 is 2.41 bits per heavy atom. The van der Waals surface area contributed by atoms with Crippen molar-refractivity contribution in [3.8, 4) is 0 Å². The Kier molecular flexibility index (Phi) is 6.96. The predicted octanol–water partition coefficient (Wildman–Crippen LogP) is 2.09. The van der Waals surface area contributed by atoms with Gasteiger partial charge in [0.15, 0.2) is 5.13 Å². The Balaban J connectivity index is 2.34. The fourth-order valence-corrected chi connectivity index (χ4v) is 4.01. The minimum absolute atomic E-state index is 0.200. The smallest absolute Gasteiger partial charge is 0.244 e. The van der Waals surface area contributed by atoms with Crippen molar-refractivity contribution in [2.45, 2.75) is 20.3 Å². The first kappa shape index (κ1) is 21.7. The zero-order chi connectivity index (χ0) is 20.4. The highest BCUT2D eigenvalue weighted by molar-refractivity contribution is 7.88. The van der Waals surface area contributed by atoms with Crippen LogP contribution < -0.4 is 4.90 Å². The molecule has 0 aliphatic heterocycles. The summed E-state index contributed by atoms with van der Waals surface area (Å²) in [6.45, 7) is 5.18. The van der Waals surface area contributed by atoms with Crippen molar-refractivity contribution in [2.24, 2.45) is 0 Å². The van der Waals surface area contributed by atoms with Crippen LogP contribution in [0.15, 0.2) is 12.1 Å². The molecule has 0 atom stereocenters. The molecular weight excluding hydrogens is 384 g/mol. The lowest BCUT2D eigenvalue weighted by atomic mass is 10.1. The number of anilines is 1. The van der Waals surface area contributed by atoms with Gasteiger partial charge in [0, 0.05) is 13.6 Å². The van der Waals surface area contributed by atoms with E-state index in [1.54, 1.807) is 4.90 Å². The van der Waals surface area contributed by atoms with Gasteiger partial charge in [0.1, 0.15) is 0 Å². The average molecular weight is 413 g/mol. The molecule has 0 aliphatic rings. The van der Waals surface area contributed by atoms with Crippen LogP contribution >= 0.6 is 11.3 Å². The number of amides is 1. The van der Waals surface area contributed by atoms with Gasteiger partial charge >= 0.3 is 0 Å². The summed E-state index contributed by atoms with van der Waals surface area (Å²) in [7, 11) is 1.95. The van der Waals surface area contributed by atoms with Crippen LogP contribution in [0.3, 0.4) is 0 Å². The van der Waals surface area contributed by atoms with Gasteiger partial charge in [-0.2, -0.15) is 4.31 Å². The Morgan fingerprint density at radius 1 is 1.15 bits per heavy atom. The molecule has 1 heterocycles. The molecule has 1 amide bonds. The first-order chi connectivity index (χ1) is 12.5. The summed E-state index contributed by atoms with van der Waals surface area (Å²) in [6, 6.07) is 4.07. The number of sulfonamides is 1. The molecule has 0 fully saturated rings. The van der Waals surface area contributed by atoms with E-state index in [1.165, 1.54) is 18.4 Å². The Labute approximate surface area is 165 Å². The van der Waals surface area contributed by atoms with Gasteiger partial charge in [-0.15, -0.1) is 0 Å². The van der Waals surface area contributed by atoms with Gasteiger partial charge in [-0.05, 0) is 58.1 Å². The number of thiazole rings is 1. The van der Waals surface area contributed by atoms with Crippen molar-refractivity contribution in [3.63, 3.8) is 0 Å². The highest BCUT2D eigenvalue weighted by atomic mass is 32.2. The number of hydrogen-bond acceptors (Lipinski definition) is 6. The molecule has 7 nitrogen and oxygen atoms in total.